The Labute approximate surface area is 99.7 Å². The molecule has 0 aromatic heterocycles. The molecule has 86 valence electrons. The lowest BCUT2D eigenvalue weighted by Crippen LogP contribution is -2.46. The molecule has 1 aliphatic heterocycles. The van der Waals surface area contributed by atoms with Crippen molar-refractivity contribution in [3.63, 3.8) is 0 Å². The number of fused-ring (bicyclic) bond motifs is 1. The fourth-order valence-electron chi connectivity index (χ4n) is 2.53. The predicted octanol–water partition coefficient (Wildman–Crippen LogP) is 2.05. The van der Waals surface area contributed by atoms with Gasteiger partial charge in [-0.1, -0.05) is 31.2 Å². The lowest BCUT2D eigenvalue weighted by Gasteiger charge is -2.39. The Hall–Kier alpha value is -1.90. The lowest BCUT2D eigenvalue weighted by molar-refractivity contribution is 0.0898. The summed E-state index contributed by atoms with van der Waals surface area (Å²) in [6.07, 6.45) is 0.986. The molecule has 1 aromatic rings. The number of ketones is 2. The highest BCUT2D eigenvalue weighted by Gasteiger charge is 2.41. The van der Waals surface area contributed by atoms with E-state index in [0.29, 0.717) is 28.9 Å². The Kier molecular flexibility index (Phi) is 2.15. The van der Waals surface area contributed by atoms with E-state index in [9.17, 15) is 9.59 Å². The van der Waals surface area contributed by atoms with Crippen molar-refractivity contribution < 1.29 is 9.59 Å². The molecule has 0 fully saturated rings. The van der Waals surface area contributed by atoms with Gasteiger partial charge >= 0.3 is 0 Å². The number of rotatable bonds is 2. The van der Waals surface area contributed by atoms with E-state index in [-0.39, 0.29) is 11.6 Å². The molecule has 0 saturated carbocycles. The van der Waals surface area contributed by atoms with Crippen LogP contribution in [0.4, 0.5) is 0 Å². The van der Waals surface area contributed by atoms with E-state index in [1.807, 2.05) is 4.90 Å². The van der Waals surface area contributed by atoms with Crippen LogP contribution < -0.4 is 0 Å². The van der Waals surface area contributed by atoms with E-state index in [2.05, 4.69) is 6.92 Å². The second-order valence-corrected chi connectivity index (χ2v) is 4.45. The average Bonchev–Trinajstić information content (AvgIpc) is 2.32. The minimum Gasteiger partial charge on any atom is -0.363 e. The molecule has 0 N–H and O–H groups in total. The zero-order valence-electron chi connectivity index (χ0n) is 9.69. The van der Waals surface area contributed by atoms with Gasteiger partial charge in [0.2, 0.25) is 5.78 Å². The van der Waals surface area contributed by atoms with Crippen molar-refractivity contribution in [3.05, 3.63) is 46.7 Å². The van der Waals surface area contributed by atoms with Gasteiger partial charge in [-0.25, -0.2) is 0 Å². The molecule has 1 heterocycles. The van der Waals surface area contributed by atoms with Gasteiger partial charge in [-0.2, -0.15) is 0 Å². The van der Waals surface area contributed by atoms with Crippen LogP contribution in [0.1, 0.15) is 34.1 Å². The summed E-state index contributed by atoms with van der Waals surface area (Å²) in [5, 5.41) is 0. The van der Waals surface area contributed by atoms with Gasteiger partial charge in [-0.3, -0.25) is 9.59 Å². The summed E-state index contributed by atoms with van der Waals surface area (Å²) in [6.45, 7) is 3.55. The number of nitrogens with zero attached hydrogens (tertiary/aromatic N) is 1. The molecule has 3 heteroatoms. The van der Waals surface area contributed by atoms with Crippen LogP contribution in [0.2, 0.25) is 0 Å². The van der Waals surface area contributed by atoms with E-state index < -0.39 is 0 Å². The SMILES string of the molecule is CCCN1CC2=C1C(=O)c1ccccc1C2=O. The lowest BCUT2D eigenvalue weighted by atomic mass is 9.82. The molecule has 0 spiro atoms. The summed E-state index contributed by atoms with van der Waals surface area (Å²) in [7, 11) is 0. The Morgan fingerprint density at radius 1 is 1.12 bits per heavy atom. The first-order chi connectivity index (χ1) is 8.24. The molecule has 3 nitrogen and oxygen atoms in total. The second-order valence-electron chi connectivity index (χ2n) is 4.45. The predicted molar refractivity (Wildman–Crippen MR) is 64.0 cm³/mol. The summed E-state index contributed by atoms with van der Waals surface area (Å²) < 4.78 is 0. The van der Waals surface area contributed by atoms with Gasteiger partial charge in [0.05, 0.1) is 5.70 Å². The summed E-state index contributed by atoms with van der Waals surface area (Å²) >= 11 is 0. The van der Waals surface area contributed by atoms with Gasteiger partial charge in [0, 0.05) is 29.8 Å². The number of hydrogen-bond acceptors (Lipinski definition) is 3. The quantitative estimate of drug-likeness (QED) is 0.776. The Morgan fingerprint density at radius 3 is 2.41 bits per heavy atom. The first-order valence-corrected chi connectivity index (χ1v) is 5.90. The van der Waals surface area contributed by atoms with Gasteiger partial charge in [-0.15, -0.1) is 0 Å². The monoisotopic (exact) mass is 227 g/mol. The topological polar surface area (TPSA) is 37.4 Å². The molecule has 0 radical (unpaired) electrons. The van der Waals surface area contributed by atoms with Crippen molar-refractivity contribution in [1.29, 1.82) is 0 Å². The van der Waals surface area contributed by atoms with Crippen LogP contribution in [0.3, 0.4) is 0 Å². The third kappa shape index (κ3) is 1.28. The van der Waals surface area contributed by atoms with E-state index in [1.165, 1.54) is 0 Å². The highest BCUT2D eigenvalue weighted by atomic mass is 16.1. The van der Waals surface area contributed by atoms with Crippen molar-refractivity contribution in [2.45, 2.75) is 13.3 Å². The Morgan fingerprint density at radius 2 is 1.76 bits per heavy atom. The maximum absolute atomic E-state index is 12.3. The largest absolute Gasteiger partial charge is 0.363 e. The summed E-state index contributed by atoms with van der Waals surface area (Å²) in [5.41, 5.74) is 2.45. The van der Waals surface area contributed by atoms with Crippen LogP contribution >= 0.6 is 0 Å². The van der Waals surface area contributed by atoms with Crippen molar-refractivity contribution in [3.8, 4) is 0 Å². The Balaban J connectivity index is 2.07. The highest BCUT2D eigenvalue weighted by Crippen LogP contribution is 2.35. The second kappa shape index (κ2) is 3.55. The van der Waals surface area contributed by atoms with Crippen LogP contribution in [0.5, 0.6) is 0 Å². The molecule has 1 aliphatic carbocycles. The molecule has 0 atom stereocenters. The summed E-state index contributed by atoms with van der Waals surface area (Å²) in [5.74, 6) is 0.0393. The number of Topliss-reactive ketones (excluding diaryl/α,β-unsaturated/α-hetero) is 2. The molecule has 2 aliphatic rings. The van der Waals surface area contributed by atoms with Gasteiger partial charge in [-0.05, 0) is 6.42 Å². The normalized spacial score (nSPS) is 17.8. The van der Waals surface area contributed by atoms with Crippen LogP contribution in [-0.2, 0) is 0 Å². The first-order valence-electron chi connectivity index (χ1n) is 5.90. The molecule has 0 saturated heterocycles. The molecule has 0 amide bonds. The van der Waals surface area contributed by atoms with Crippen LogP contribution in [0.25, 0.3) is 0 Å². The minimum atomic E-state index is 0.00917. The molecule has 0 unspecified atom stereocenters. The molecule has 3 rings (SSSR count). The number of allylic oxidation sites excluding steroid dienone is 1. The van der Waals surface area contributed by atoms with Gasteiger partial charge in [0.15, 0.2) is 5.78 Å². The van der Waals surface area contributed by atoms with Crippen molar-refractivity contribution in [2.75, 3.05) is 13.1 Å². The van der Waals surface area contributed by atoms with Gasteiger partial charge in [0.25, 0.3) is 0 Å². The average molecular weight is 227 g/mol. The molecule has 0 bridgehead atoms. The van der Waals surface area contributed by atoms with Crippen LogP contribution in [0.15, 0.2) is 35.5 Å². The highest BCUT2D eigenvalue weighted by molar-refractivity contribution is 6.28. The Bertz CT molecular complexity index is 557. The van der Waals surface area contributed by atoms with Crippen molar-refractivity contribution in [2.24, 2.45) is 0 Å². The number of carbonyl (C=O) groups excluding carboxylic acids is 2. The van der Waals surface area contributed by atoms with E-state index in [1.54, 1.807) is 24.3 Å². The van der Waals surface area contributed by atoms with Crippen LogP contribution in [0, 0.1) is 0 Å². The summed E-state index contributed by atoms with van der Waals surface area (Å²) in [4.78, 5) is 26.4. The maximum Gasteiger partial charge on any atom is 0.210 e. The molecular weight excluding hydrogens is 214 g/mol. The van der Waals surface area contributed by atoms with Gasteiger partial charge < -0.3 is 4.90 Å². The number of benzene rings is 1. The maximum atomic E-state index is 12.3. The van der Waals surface area contributed by atoms with E-state index >= 15 is 0 Å². The zero-order valence-corrected chi connectivity index (χ0v) is 9.69. The molecule has 17 heavy (non-hydrogen) atoms. The zero-order chi connectivity index (χ0) is 12.0. The first kappa shape index (κ1) is 10.3. The standard InChI is InChI=1S/C14H13NO2/c1-2-7-15-8-11-12(15)14(17)10-6-4-3-5-9(10)13(11)16/h3-6H,2,7-8H2,1H3. The number of hydrogen-bond donors (Lipinski definition) is 0. The van der Waals surface area contributed by atoms with Crippen molar-refractivity contribution >= 4 is 11.6 Å². The molecular formula is C14H13NO2. The number of carbonyl (C=O) groups is 2. The van der Waals surface area contributed by atoms with E-state index in [0.717, 1.165) is 13.0 Å². The van der Waals surface area contributed by atoms with Crippen LogP contribution in [-0.4, -0.2) is 29.6 Å². The molecule has 1 aromatic carbocycles. The fourth-order valence-corrected chi connectivity index (χ4v) is 2.53. The third-order valence-corrected chi connectivity index (χ3v) is 3.35. The fraction of sp³-hybridized carbons (Fsp3) is 0.286. The smallest absolute Gasteiger partial charge is 0.210 e. The summed E-state index contributed by atoms with van der Waals surface area (Å²) in [6, 6.07) is 7.08. The minimum absolute atomic E-state index is 0.00917. The van der Waals surface area contributed by atoms with E-state index in [4.69, 9.17) is 0 Å². The van der Waals surface area contributed by atoms with Gasteiger partial charge in [0.1, 0.15) is 0 Å². The third-order valence-electron chi connectivity index (χ3n) is 3.35. The van der Waals surface area contributed by atoms with Crippen molar-refractivity contribution in [1.82, 2.24) is 4.90 Å².